The molecule has 0 aromatic carbocycles. The van der Waals surface area contributed by atoms with Crippen LogP contribution < -0.4 is 5.73 Å². The fourth-order valence-electron chi connectivity index (χ4n) is 0.595. The summed E-state index contributed by atoms with van der Waals surface area (Å²) in [6.45, 7) is 1.13. The van der Waals surface area contributed by atoms with Crippen molar-refractivity contribution < 1.29 is 25.2 Å². The molecule has 0 aliphatic heterocycles. The quantitative estimate of drug-likeness (QED) is 0.230. The van der Waals surface area contributed by atoms with E-state index in [0.29, 0.717) is 0 Å². The number of aliphatic hydroxyl groups excluding tert-OH is 3. The summed E-state index contributed by atoms with van der Waals surface area (Å²) in [4.78, 5) is 9.96. The van der Waals surface area contributed by atoms with E-state index in [1.54, 1.807) is 0 Å². The molecule has 0 spiro atoms. The lowest BCUT2D eigenvalue weighted by atomic mass is 9.98. The highest BCUT2D eigenvalue weighted by Gasteiger charge is 2.40. The van der Waals surface area contributed by atoms with Gasteiger partial charge in [-0.3, -0.25) is 5.73 Å². The smallest absolute Gasteiger partial charge is 0.168 e. The van der Waals surface area contributed by atoms with Crippen molar-refractivity contribution >= 4 is 6.29 Å². The van der Waals surface area contributed by atoms with Crippen LogP contribution in [0.15, 0.2) is 0 Å². The number of aliphatic hydroxyl groups is 4. The Hall–Kier alpha value is -0.530. The molecule has 0 bridgehead atoms. The van der Waals surface area contributed by atoms with Crippen LogP contribution in [0, 0.1) is 0 Å². The second-order valence-corrected chi connectivity index (χ2v) is 2.63. The summed E-state index contributed by atoms with van der Waals surface area (Å²) in [6, 6.07) is 0. The van der Waals surface area contributed by atoms with Gasteiger partial charge in [-0.05, 0) is 6.92 Å². The summed E-state index contributed by atoms with van der Waals surface area (Å²) in [6.07, 6.45) is -5.16. The zero-order chi connectivity index (χ0) is 9.94. The van der Waals surface area contributed by atoms with Crippen LogP contribution in [0.1, 0.15) is 6.92 Å². The molecular formula is C6H13NO5. The normalized spacial score (nSPS) is 23.8. The first kappa shape index (κ1) is 11.5. The zero-order valence-corrected chi connectivity index (χ0v) is 6.58. The lowest BCUT2D eigenvalue weighted by molar-refractivity contribution is -0.170. The van der Waals surface area contributed by atoms with E-state index in [2.05, 4.69) is 0 Å². The van der Waals surface area contributed by atoms with E-state index in [1.807, 2.05) is 0 Å². The summed E-state index contributed by atoms with van der Waals surface area (Å²) in [7, 11) is 0. The summed E-state index contributed by atoms with van der Waals surface area (Å²) >= 11 is 0. The van der Waals surface area contributed by atoms with E-state index in [1.165, 1.54) is 0 Å². The number of carbonyl (C=O) groups is 1. The number of aldehydes is 1. The van der Waals surface area contributed by atoms with Crippen LogP contribution in [0.2, 0.25) is 0 Å². The largest absolute Gasteiger partial charge is 0.389 e. The predicted octanol–water partition coefficient (Wildman–Crippen LogP) is -3.06. The third-order valence-corrected chi connectivity index (χ3v) is 1.61. The van der Waals surface area contributed by atoms with Gasteiger partial charge < -0.3 is 25.2 Å². The molecule has 0 aromatic heterocycles. The van der Waals surface area contributed by atoms with Crippen molar-refractivity contribution in [1.29, 1.82) is 0 Å². The highest BCUT2D eigenvalue weighted by molar-refractivity contribution is 5.57. The van der Waals surface area contributed by atoms with E-state index >= 15 is 0 Å². The maximum atomic E-state index is 9.96. The molecule has 0 amide bonds. The summed E-state index contributed by atoms with van der Waals surface area (Å²) in [5, 5.41) is 35.7. The molecule has 4 atom stereocenters. The molecule has 6 heteroatoms. The van der Waals surface area contributed by atoms with Crippen molar-refractivity contribution in [2.45, 2.75) is 31.0 Å². The van der Waals surface area contributed by atoms with Gasteiger partial charge in [0, 0.05) is 0 Å². The minimum atomic E-state index is -2.39. The minimum Gasteiger partial charge on any atom is -0.389 e. The minimum absolute atomic E-state index is 0.0187. The van der Waals surface area contributed by atoms with Gasteiger partial charge in [0.15, 0.2) is 12.0 Å². The molecule has 0 rings (SSSR count). The van der Waals surface area contributed by atoms with E-state index in [-0.39, 0.29) is 6.29 Å². The summed E-state index contributed by atoms with van der Waals surface area (Å²) < 4.78 is 0. The van der Waals surface area contributed by atoms with Crippen LogP contribution in [0.5, 0.6) is 0 Å². The molecule has 0 radical (unpaired) electrons. The Morgan fingerprint density at radius 1 is 1.42 bits per heavy atom. The lowest BCUT2D eigenvalue weighted by Gasteiger charge is -2.32. The van der Waals surface area contributed by atoms with Crippen molar-refractivity contribution in [2.75, 3.05) is 0 Å². The van der Waals surface area contributed by atoms with Crippen LogP contribution in [-0.2, 0) is 4.79 Å². The first-order chi connectivity index (χ1) is 5.34. The number of nitrogens with two attached hydrogens (primary N) is 1. The molecule has 0 aliphatic rings. The highest BCUT2D eigenvalue weighted by Crippen LogP contribution is 2.11. The van der Waals surface area contributed by atoms with E-state index in [4.69, 9.17) is 26.2 Å². The third kappa shape index (κ3) is 2.23. The van der Waals surface area contributed by atoms with Crippen LogP contribution in [0.4, 0.5) is 0 Å². The second kappa shape index (κ2) is 3.92. The van der Waals surface area contributed by atoms with Gasteiger partial charge in [-0.1, -0.05) is 0 Å². The topological polar surface area (TPSA) is 124 Å². The van der Waals surface area contributed by atoms with Crippen LogP contribution in [0.3, 0.4) is 0 Å². The Morgan fingerprint density at radius 3 is 2.08 bits per heavy atom. The van der Waals surface area contributed by atoms with Crippen molar-refractivity contribution in [1.82, 2.24) is 0 Å². The van der Waals surface area contributed by atoms with Crippen molar-refractivity contribution in [3.05, 3.63) is 0 Å². The molecule has 0 unspecified atom stereocenters. The number of hydrogen-bond donors (Lipinski definition) is 5. The van der Waals surface area contributed by atoms with Crippen LogP contribution >= 0.6 is 0 Å². The standard InChI is InChI=1S/C6H13NO5/c1-3(9)6(7,12)5(11)4(10)2-8/h2-5,9-12H,7H2,1H3/t3-,4+,5-,6-/m1/s1. The third-order valence-electron chi connectivity index (χ3n) is 1.61. The molecule has 12 heavy (non-hydrogen) atoms. The van der Waals surface area contributed by atoms with Gasteiger partial charge in [0.2, 0.25) is 0 Å². The van der Waals surface area contributed by atoms with Gasteiger partial charge in [-0.15, -0.1) is 0 Å². The fraction of sp³-hybridized carbons (Fsp3) is 0.833. The van der Waals surface area contributed by atoms with Gasteiger partial charge in [0.1, 0.15) is 12.2 Å². The Balaban J connectivity index is 4.44. The molecule has 6 nitrogen and oxygen atoms in total. The number of rotatable bonds is 4. The van der Waals surface area contributed by atoms with Crippen molar-refractivity contribution in [3.8, 4) is 0 Å². The van der Waals surface area contributed by atoms with Gasteiger partial charge in [-0.2, -0.15) is 0 Å². The number of carbonyl (C=O) groups excluding carboxylic acids is 1. The van der Waals surface area contributed by atoms with E-state index < -0.39 is 24.0 Å². The summed E-state index contributed by atoms with van der Waals surface area (Å²) in [5.74, 6) is 0. The first-order valence-electron chi connectivity index (χ1n) is 3.34. The van der Waals surface area contributed by atoms with Crippen LogP contribution in [0.25, 0.3) is 0 Å². The molecule has 0 aromatic rings. The first-order valence-corrected chi connectivity index (χ1v) is 3.34. The van der Waals surface area contributed by atoms with E-state index in [9.17, 15) is 4.79 Å². The molecule has 6 N–H and O–H groups in total. The maximum Gasteiger partial charge on any atom is 0.168 e. The van der Waals surface area contributed by atoms with Gasteiger partial charge in [0.05, 0.1) is 6.10 Å². The molecule has 0 saturated carbocycles. The van der Waals surface area contributed by atoms with Crippen molar-refractivity contribution in [3.63, 3.8) is 0 Å². The van der Waals surface area contributed by atoms with Gasteiger partial charge in [-0.25, -0.2) is 0 Å². The molecule has 0 heterocycles. The van der Waals surface area contributed by atoms with Crippen LogP contribution in [-0.4, -0.2) is 50.7 Å². The Labute approximate surface area is 69.2 Å². The predicted molar refractivity (Wildman–Crippen MR) is 38.9 cm³/mol. The lowest BCUT2D eigenvalue weighted by Crippen LogP contribution is -2.62. The average Bonchev–Trinajstić information content (AvgIpc) is 2.01. The Kier molecular flexibility index (Phi) is 3.75. The summed E-state index contributed by atoms with van der Waals surface area (Å²) in [5.41, 5.74) is 2.63. The number of hydrogen-bond acceptors (Lipinski definition) is 6. The monoisotopic (exact) mass is 179 g/mol. The average molecular weight is 179 g/mol. The Morgan fingerprint density at radius 2 is 1.83 bits per heavy atom. The van der Waals surface area contributed by atoms with Gasteiger partial charge >= 0.3 is 0 Å². The fourth-order valence-corrected chi connectivity index (χ4v) is 0.595. The zero-order valence-electron chi connectivity index (χ0n) is 6.58. The van der Waals surface area contributed by atoms with Gasteiger partial charge in [0.25, 0.3) is 0 Å². The molecule has 0 fully saturated rings. The molecule has 0 saturated heterocycles. The highest BCUT2D eigenvalue weighted by atomic mass is 16.4. The Bertz CT molecular complexity index is 158. The SMILES string of the molecule is C[C@@H](O)[C@@](N)(O)[C@H](O)[C@@H](O)C=O. The van der Waals surface area contributed by atoms with E-state index in [0.717, 1.165) is 6.92 Å². The molecule has 0 aliphatic carbocycles. The molecular weight excluding hydrogens is 166 g/mol. The second-order valence-electron chi connectivity index (χ2n) is 2.63. The molecule has 72 valence electrons. The van der Waals surface area contributed by atoms with Crippen molar-refractivity contribution in [2.24, 2.45) is 5.73 Å². The maximum absolute atomic E-state index is 9.96.